The van der Waals surface area contributed by atoms with Crippen LogP contribution in [0.1, 0.15) is 12.8 Å². The van der Waals surface area contributed by atoms with Crippen LogP contribution in [-0.4, -0.2) is 30.2 Å². The molecule has 2 nitrogen and oxygen atoms in total. The van der Waals surface area contributed by atoms with Gasteiger partial charge in [-0.1, -0.05) is 11.2 Å². The third-order valence-corrected chi connectivity index (χ3v) is 0.957. The molecule has 0 bridgehead atoms. The quantitative estimate of drug-likeness (QED) is 0.505. The van der Waals surface area contributed by atoms with Gasteiger partial charge in [0.15, 0.2) is 0 Å². The molecular weight excluding hydrogens is 134 g/mol. The van der Waals surface area contributed by atoms with Crippen molar-refractivity contribution in [1.29, 1.82) is 0 Å². The molecule has 1 fully saturated rings. The second-order valence-corrected chi connectivity index (χ2v) is 3.68. The first-order valence-corrected chi connectivity index (χ1v) is 5.16. The van der Waals surface area contributed by atoms with Crippen LogP contribution in [0.2, 0.25) is 0 Å². The summed E-state index contributed by atoms with van der Waals surface area (Å²) in [5, 5.41) is 3.22. The summed E-state index contributed by atoms with van der Waals surface area (Å²) >= 11 is -0.611. The van der Waals surface area contributed by atoms with Crippen molar-refractivity contribution in [3.05, 3.63) is 0 Å². The average molecular weight is 149 g/mol. The van der Waals surface area contributed by atoms with Crippen molar-refractivity contribution in [3.63, 3.8) is 0 Å². The molecule has 0 atom stereocenters. The molecule has 0 radical (unpaired) electrons. The molecule has 0 aliphatic carbocycles. The molecule has 0 spiro atoms. The van der Waals surface area contributed by atoms with E-state index in [-0.39, 0.29) is 0 Å². The van der Waals surface area contributed by atoms with Crippen LogP contribution in [0.15, 0.2) is 0 Å². The fourth-order valence-corrected chi connectivity index (χ4v) is 0.625. The minimum atomic E-state index is -0.611. The van der Waals surface area contributed by atoms with Gasteiger partial charge in [-0.3, -0.25) is 0 Å². The Bertz CT molecular complexity index is 44.7. The van der Waals surface area contributed by atoms with Gasteiger partial charge in [0, 0.05) is 0 Å². The van der Waals surface area contributed by atoms with E-state index in [1.54, 1.807) is 12.5 Å². The van der Waals surface area contributed by atoms with E-state index in [1.165, 1.54) is 25.9 Å². The molecule has 1 aliphatic rings. The van der Waals surface area contributed by atoms with Crippen molar-refractivity contribution in [2.24, 2.45) is 0 Å². The maximum Gasteiger partial charge on any atom is 0.0946 e. The fraction of sp³-hybridized carbons (Fsp3) is 1.00. The molecule has 1 saturated heterocycles. The molecule has 1 N–H and O–H groups in total. The van der Waals surface area contributed by atoms with Gasteiger partial charge in [0.2, 0.25) is 0 Å². The van der Waals surface area contributed by atoms with Gasteiger partial charge in [-0.05, 0) is 25.9 Å². The Morgan fingerprint density at radius 3 is 1.67 bits per heavy atom. The summed E-state index contributed by atoms with van der Waals surface area (Å²) in [5.74, 6) is 0. The Hall–Kier alpha value is 0.270. The molecule has 3 heteroatoms. The molecule has 0 aromatic rings. The summed E-state index contributed by atoms with van der Waals surface area (Å²) in [6, 6.07) is 0. The summed E-state index contributed by atoms with van der Waals surface area (Å²) in [7, 11) is 0. The maximum absolute atomic E-state index is 9.56. The van der Waals surface area contributed by atoms with Gasteiger partial charge in [-0.2, -0.15) is 0 Å². The lowest BCUT2D eigenvalue weighted by molar-refractivity contribution is 0.606. The largest absolute Gasteiger partial charge is 0.617 e. The van der Waals surface area contributed by atoms with Crippen molar-refractivity contribution in [3.8, 4) is 0 Å². The molecule has 0 aromatic carbocycles. The standard InChI is InChI=1S/C4H9N.C2H6OS/c1-2-4-5-3-1;1-4(2)3/h5H,1-4H2;1-2H3. The first-order valence-electron chi connectivity index (χ1n) is 3.19. The third kappa shape index (κ3) is 11.7. The van der Waals surface area contributed by atoms with Crippen LogP contribution in [0.4, 0.5) is 0 Å². The van der Waals surface area contributed by atoms with E-state index in [0.29, 0.717) is 0 Å². The van der Waals surface area contributed by atoms with Gasteiger partial charge >= 0.3 is 0 Å². The van der Waals surface area contributed by atoms with E-state index in [4.69, 9.17) is 0 Å². The number of rotatable bonds is 0. The average Bonchev–Trinajstić information content (AvgIpc) is 2.11. The lowest BCUT2D eigenvalue weighted by Crippen LogP contribution is -2.03. The monoisotopic (exact) mass is 149 g/mol. The van der Waals surface area contributed by atoms with Crippen molar-refractivity contribution >= 4 is 11.2 Å². The Kier molecular flexibility index (Phi) is 6.58. The molecule has 1 aliphatic heterocycles. The second-order valence-electron chi connectivity index (χ2n) is 2.20. The van der Waals surface area contributed by atoms with Gasteiger partial charge in [-0.15, -0.1) is 0 Å². The Morgan fingerprint density at radius 1 is 1.22 bits per heavy atom. The maximum atomic E-state index is 9.56. The molecule has 1 rings (SSSR count). The molecule has 56 valence electrons. The Labute approximate surface area is 60.2 Å². The van der Waals surface area contributed by atoms with E-state index in [2.05, 4.69) is 5.32 Å². The zero-order valence-corrected chi connectivity index (χ0v) is 6.96. The molecular formula is C6H15NOS. The highest BCUT2D eigenvalue weighted by atomic mass is 32.2. The van der Waals surface area contributed by atoms with Crippen LogP contribution < -0.4 is 5.32 Å². The fourth-order valence-electron chi connectivity index (χ4n) is 0.625. The molecule has 0 saturated carbocycles. The van der Waals surface area contributed by atoms with Crippen LogP contribution in [0, 0.1) is 0 Å². The van der Waals surface area contributed by atoms with Crippen LogP contribution in [0.3, 0.4) is 0 Å². The predicted octanol–water partition coefficient (Wildman–Crippen LogP) is 0.365. The zero-order valence-electron chi connectivity index (χ0n) is 6.14. The summed E-state index contributed by atoms with van der Waals surface area (Å²) in [4.78, 5) is 0. The van der Waals surface area contributed by atoms with Gasteiger partial charge in [0.25, 0.3) is 0 Å². The Morgan fingerprint density at radius 2 is 1.56 bits per heavy atom. The first-order chi connectivity index (χ1) is 4.23. The minimum Gasteiger partial charge on any atom is -0.617 e. The van der Waals surface area contributed by atoms with E-state index in [1.807, 2.05) is 0 Å². The summed E-state index contributed by atoms with van der Waals surface area (Å²) in [6.45, 7) is 2.50. The van der Waals surface area contributed by atoms with Gasteiger partial charge in [0.1, 0.15) is 0 Å². The third-order valence-electron chi connectivity index (χ3n) is 0.957. The van der Waals surface area contributed by atoms with E-state index < -0.39 is 11.2 Å². The van der Waals surface area contributed by atoms with Gasteiger partial charge in [0.05, 0.1) is 12.5 Å². The summed E-state index contributed by atoms with van der Waals surface area (Å²) in [6.07, 6.45) is 6.06. The van der Waals surface area contributed by atoms with Crippen molar-refractivity contribution in [2.75, 3.05) is 25.6 Å². The van der Waals surface area contributed by atoms with Gasteiger partial charge < -0.3 is 9.87 Å². The van der Waals surface area contributed by atoms with Crippen molar-refractivity contribution in [1.82, 2.24) is 5.32 Å². The number of nitrogens with one attached hydrogen (secondary N) is 1. The Balaban J connectivity index is 0.000000148. The topological polar surface area (TPSA) is 35.1 Å². The lowest BCUT2D eigenvalue weighted by atomic mass is 10.4. The molecule has 0 amide bonds. The highest BCUT2D eigenvalue weighted by molar-refractivity contribution is 7.89. The van der Waals surface area contributed by atoms with Crippen LogP contribution in [0.25, 0.3) is 0 Å². The lowest BCUT2D eigenvalue weighted by Gasteiger charge is -1.87. The SMILES string of the molecule is C1CCNC1.C[S+](C)[O-]. The van der Waals surface area contributed by atoms with Crippen LogP contribution in [0.5, 0.6) is 0 Å². The number of hydrogen-bond acceptors (Lipinski definition) is 2. The summed E-state index contributed by atoms with van der Waals surface area (Å²) in [5.41, 5.74) is 0. The molecule has 0 unspecified atom stereocenters. The van der Waals surface area contributed by atoms with Crippen LogP contribution >= 0.6 is 0 Å². The molecule has 9 heavy (non-hydrogen) atoms. The van der Waals surface area contributed by atoms with E-state index >= 15 is 0 Å². The van der Waals surface area contributed by atoms with E-state index in [0.717, 1.165) is 0 Å². The van der Waals surface area contributed by atoms with Gasteiger partial charge in [-0.25, -0.2) is 0 Å². The summed E-state index contributed by atoms with van der Waals surface area (Å²) < 4.78 is 9.56. The number of hydrogen-bond donors (Lipinski definition) is 1. The first kappa shape index (κ1) is 9.27. The van der Waals surface area contributed by atoms with E-state index in [9.17, 15) is 4.55 Å². The zero-order chi connectivity index (χ0) is 7.11. The second kappa shape index (κ2) is 6.39. The smallest absolute Gasteiger partial charge is 0.0946 e. The molecule has 1 heterocycles. The molecule has 0 aromatic heterocycles. The normalized spacial score (nSPS) is 17.3. The minimum absolute atomic E-state index is 0.611. The highest BCUT2D eigenvalue weighted by Crippen LogP contribution is 1.90. The van der Waals surface area contributed by atoms with Crippen molar-refractivity contribution < 1.29 is 4.55 Å². The van der Waals surface area contributed by atoms with Crippen molar-refractivity contribution in [2.45, 2.75) is 12.8 Å². The highest BCUT2D eigenvalue weighted by Gasteiger charge is 1.93. The van der Waals surface area contributed by atoms with Crippen LogP contribution in [-0.2, 0) is 11.2 Å². The predicted molar refractivity (Wildman–Crippen MR) is 42.1 cm³/mol.